The molecule has 0 aliphatic heterocycles. The Balaban J connectivity index is -0.000000720. The van der Waals surface area contributed by atoms with E-state index in [1.165, 1.54) is 0 Å². The highest BCUT2D eigenvalue weighted by Crippen LogP contribution is 1.92. The van der Waals surface area contributed by atoms with Crippen molar-refractivity contribution in [2.24, 2.45) is 0 Å². The predicted molar refractivity (Wildman–Crippen MR) is 44.5 cm³/mol. The largest absolute Gasteiger partial charge is 0.412 e. The van der Waals surface area contributed by atoms with Gasteiger partial charge in [0, 0.05) is 0 Å². The summed E-state index contributed by atoms with van der Waals surface area (Å²) in [6.45, 7) is -1.78. The number of ether oxygens (including phenoxy) is 1. The van der Waals surface area contributed by atoms with E-state index in [1.807, 2.05) is 0 Å². The lowest BCUT2D eigenvalue weighted by Gasteiger charge is -2.08. The molecule has 15 heavy (non-hydrogen) atoms. The van der Waals surface area contributed by atoms with Gasteiger partial charge in [-0.1, -0.05) is 0 Å². The van der Waals surface area contributed by atoms with Crippen LogP contribution < -0.4 is 0 Å². The number of hydrogen-bond donors (Lipinski definition) is 4. The first-order valence-corrected chi connectivity index (χ1v) is 3.36. The Kier molecular flexibility index (Phi) is 12.3. The normalized spacial score (nSPS) is 12.8. The molecule has 2 atom stereocenters. The summed E-state index contributed by atoms with van der Waals surface area (Å²) in [5, 5.41) is 33.7. The van der Waals surface area contributed by atoms with Gasteiger partial charge < -0.3 is 36.1 Å². The number of carbonyl (C=O) groups excluding carboxylic acids is 2. The molecule has 0 aliphatic rings. The topological polar surface area (TPSA) is 187 Å². The van der Waals surface area contributed by atoms with Gasteiger partial charge in [0.25, 0.3) is 0 Å². The van der Waals surface area contributed by atoms with Gasteiger partial charge in [-0.25, -0.2) is 9.59 Å². The smallest absolute Gasteiger partial charge is 0.345 e. The van der Waals surface area contributed by atoms with Gasteiger partial charge in [0.1, 0.15) is 0 Å². The van der Waals surface area contributed by atoms with Crippen molar-refractivity contribution in [1.82, 2.24) is 0 Å². The third-order valence-corrected chi connectivity index (χ3v) is 1.09. The maximum atomic E-state index is 10.6. The molecule has 8 N–H and O–H groups in total. The van der Waals surface area contributed by atoms with E-state index >= 15 is 0 Å². The van der Waals surface area contributed by atoms with E-state index in [9.17, 15) is 9.59 Å². The first-order chi connectivity index (χ1) is 6.02. The molecule has 0 saturated carbocycles. The summed E-state index contributed by atoms with van der Waals surface area (Å²) in [7, 11) is 0. The van der Waals surface area contributed by atoms with Gasteiger partial charge in [0.05, 0.1) is 13.2 Å². The molecule has 0 aromatic rings. The Morgan fingerprint density at radius 3 is 1.40 bits per heavy atom. The van der Waals surface area contributed by atoms with Gasteiger partial charge >= 0.3 is 11.9 Å². The van der Waals surface area contributed by atoms with Crippen LogP contribution in [0.4, 0.5) is 0 Å². The Labute approximate surface area is 84.1 Å². The van der Waals surface area contributed by atoms with Crippen LogP contribution in [0.1, 0.15) is 0 Å². The molecule has 0 amide bonds. The lowest BCUT2D eigenvalue weighted by atomic mass is 10.3. The van der Waals surface area contributed by atoms with Crippen molar-refractivity contribution in [2.45, 2.75) is 12.2 Å². The van der Waals surface area contributed by atoms with E-state index in [-0.39, 0.29) is 11.0 Å². The van der Waals surface area contributed by atoms with Gasteiger partial charge in [0.2, 0.25) is 0 Å². The highest BCUT2D eigenvalue weighted by atomic mass is 16.6. The van der Waals surface area contributed by atoms with Crippen molar-refractivity contribution in [3.63, 3.8) is 0 Å². The summed E-state index contributed by atoms with van der Waals surface area (Å²) in [4.78, 5) is 21.1. The number of hydrogen-bond acceptors (Lipinski definition) is 7. The van der Waals surface area contributed by atoms with Crippen LogP contribution in [0.25, 0.3) is 0 Å². The molecule has 0 bridgehead atoms. The number of aliphatic hydroxyl groups excluding tert-OH is 4. The molecule has 0 saturated heterocycles. The summed E-state index contributed by atoms with van der Waals surface area (Å²) in [5.74, 6) is -2.75. The molecule has 0 aliphatic carbocycles. The Morgan fingerprint density at radius 1 is 0.933 bits per heavy atom. The average molecular weight is 230 g/mol. The Hall–Kier alpha value is -1.10. The first-order valence-electron chi connectivity index (χ1n) is 3.36. The monoisotopic (exact) mass is 230 g/mol. The minimum absolute atomic E-state index is 0. The van der Waals surface area contributed by atoms with Crippen LogP contribution >= 0.6 is 0 Å². The zero-order valence-electron chi connectivity index (χ0n) is 7.58. The molecule has 0 spiro atoms. The maximum Gasteiger partial charge on any atom is 0.345 e. The Morgan fingerprint density at radius 2 is 1.20 bits per heavy atom. The highest BCUT2D eigenvalue weighted by molar-refractivity contribution is 5.89. The van der Waals surface area contributed by atoms with Gasteiger partial charge in [-0.3, -0.25) is 0 Å². The second kappa shape index (κ2) is 9.45. The molecule has 0 aromatic heterocycles. The second-order valence-electron chi connectivity index (χ2n) is 2.14. The van der Waals surface area contributed by atoms with Gasteiger partial charge in [0.15, 0.2) is 12.2 Å². The summed E-state index contributed by atoms with van der Waals surface area (Å²) < 4.78 is 3.86. The fourth-order valence-corrected chi connectivity index (χ4v) is 0.384. The number of rotatable bonds is 4. The minimum atomic E-state index is -1.82. The SMILES string of the molecule is O.O.O=C(OC(=O)C(O)CO)C(O)CO. The van der Waals surface area contributed by atoms with Gasteiger partial charge in [-0.2, -0.15) is 0 Å². The second-order valence-corrected chi connectivity index (χ2v) is 2.14. The quantitative estimate of drug-likeness (QED) is 0.275. The molecule has 0 fully saturated rings. The Bertz CT molecular complexity index is 171. The lowest BCUT2D eigenvalue weighted by molar-refractivity contribution is -0.173. The molecule has 0 aromatic carbocycles. The fourth-order valence-electron chi connectivity index (χ4n) is 0.384. The summed E-state index contributed by atoms with van der Waals surface area (Å²) >= 11 is 0. The van der Waals surface area contributed by atoms with Gasteiger partial charge in [-0.15, -0.1) is 0 Å². The van der Waals surface area contributed by atoms with Crippen LogP contribution in [-0.4, -0.2) is 68.7 Å². The molecule has 0 radical (unpaired) electrons. The van der Waals surface area contributed by atoms with Crippen molar-refractivity contribution in [3.05, 3.63) is 0 Å². The van der Waals surface area contributed by atoms with E-state index in [0.29, 0.717) is 0 Å². The van der Waals surface area contributed by atoms with Crippen LogP contribution in [0.15, 0.2) is 0 Å². The molecule has 0 heterocycles. The highest BCUT2D eigenvalue weighted by Gasteiger charge is 2.23. The van der Waals surface area contributed by atoms with Crippen LogP contribution in [-0.2, 0) is 14.3 Å². The van der Waals surface area contributed by atoms with Crippen LogP contribution in [0.5, 0.6) is 0 Å². The number of carbonyl (C=O) groups is 2. The maximum absolute atomic E-state index is 10.6. The van der Waals surface area contributed by atoms with E-state index < -0.39 is 37.4 Å². The van der Waals surface area contributed by atoms with Crippen LogP contribution in [0, 0.1) is 0 Å². The molecular formula is C6H14O9. The summed E-state index contributed by atoms with van der Waals surface area (Å²) in [5.41, 5.74) is 0. The van der Waals surface area contributed by atoms with Crippen molar-refractivity contribution < 1.29 is 45.7 Å². The zero-order valence-corrected chi connectivity index (χ0v) is 7.58. The van der Waals surface area contributed by atoms with Crippen molar-refractivity contribution >= 4 is 11.9 Å². The lowest BCUT2D eigenvalue weighted by Crippen LogP contribution is -2.34. The van der Waals surface area contributed by atoms with Crippen molar-refractivity contribution in [3.8, 4) is 0 Å². The molecule has 9 nitrogen and oxygen atoms in total. The molecule has 0 rings (SSSR count). The molecule has 2 unspecified atom stereocenters. The van der Waals surface area contributed by atoms with Crippen LogP contribution in [0.2, 0.25) is 0 Å². The van der Waals surface area contributed by atoms with E-state index in [4.69, 9.17) is 20.4 Å². The third-order valence-electron chi connectivity index (χ3n) is 1.09. The standard InChI is InChI=1S/C6H10O7.2H2O/c7-1-3(9)5(11)13-6(12)4(10)2-8;;/h3-4,7-10H,1-2H2;2*1H2. The van der Waals surface area contributed by atoms with E-state index in [0.717, 1.165) is 0 Å². The average Bonchev–Trinajstić information content (AvgIpc) is 2.14. The third kappa shape index (κ3) is 6.90. The van der Waals surface area contributed by atoms with Crippen LogP contribution in [0.3, 0.4) is 0 Å². The first kappa shape index (κ1) is 19.5. The predicted octanol–water partition coefficient (Wildman–Crippen LogP) is -4.89. The molecule has 92 valence electrons. The van der Waals surface area contributed by atoms with Gasteiger partial charge in [-0.05, 0) is 0 Å². The van der Waals surface area contributed by atoms with E-state index in [1.54, 1.807) is 0 Å². The van der Waals surface area contributed by atoms with Crippen molar-refractivity contribution in [1.29, 1.82) is 0 Å². The number of aliphatic hydroxyl groups is 4. The molecule has 9 heteroatoms. The fraction of sp³-hybridized carbons (Fsp3) is 0.667. The minimum Gasteiger partial charge on any atom is -0.412 e. The summed E-state index contributed by atoms with van der Waals surface area (Å²) in [6, 6.07) is 0. The van der Waals surface area contributed by atoms with Crippen molar-refractivity contribution in [2.75, 3.05) is 13.2 Å². The zero-order chi connectivity index (χ0) is 10.4. The number of esters is 2. The molecular weight excluding hydrogens is 216 g/mol. The van der Waals surface area contributed by atoms with E-state index in [2.05, 4.69) is 4.74 Å². The summed E-state index contributed by atoms with van der Waals surface area (Å²) in [6.07, 6.45) is -3.65.